The minimum Gasteiger partial charge on any atom is -0.478 e. The summed E-state index contributed by atoms with van der Waals surface area (Å²) >= 11 is 1.37. The highest BCUT2D eigenvalue weighted by atomic mass is 32.1. The van der Waals surface area contributed by atoms with Crippen LogP contribution in [0.1, 0.15) is 35.0 Å². The number of rotatable bonds is 5. The fraction of sp³-hybridized carbons (Fsp3) is 0.467. The van der Waals surface area contributed by atoms with E-state index in [1.165, 1.54) is 17.4 Å². The number of nitrogens with zero attached hydrogens (tertiary/aromatic N) is 1. The molecule has 114 valence electrons. The first-order valence-electron chi connectivity index (χ1n) is 7.00. The number of piperidine rings is 1. The van der Waals surface area contributed by atoms with Gasteiger partial charge in [-0.15, -0.1) is 11.3 Å². The first-order chi connectivity index (χ1) is 10.1. The van der Waals surface area contributed by atoms with Crippen molar-refractivity contribution in [3.05, 3.63) is 28.0 Å². The third kappa shape index (κ3) is 4.41. The van der Waals surface area contributed by atoms with Crippen molar-refractivity contribution >= 4 is 29.3 Å². The largest absolute Gasteiger partial charge is 0.478 e. The summed E-state index contributed by atoms with van der Waals surface area (Å²) in [4.78, 5) is 25.4. The second-order valence-corrected chi connectivity index (χ2v) is 5.80. The Morgan fingerprint density at radius 3 is 2.81 bits per heavy atom. The molecule has 1 aromatic rings. The van der Waals surface area contributed by atoms with Gasteiger partial charge < -0.3 is 14.7 Å². The molecule has 0 bridgehead atoms. The van der Waals surface area contributed by atoms with E-state index in [1.807, 2.05) is 11.8 Å². The van der Waals surface area contributed by atoms with Gasteiger partial charge >= 0.3 is 5.97 Å². The van der Waals surface area contributed by atoms with E-state index in [-0.39, 0.29) is 12.0 Å². The number of likely N-dealkylation sites (tertiary alicyclic amines) is 1. The van der Waals surface area contributed by atoms with Crippen LogP contribution in [0.15, 0.2) is 17.5 Å². The van der Waals surface area contributed by atoms with Crippen LogP contribution in [0.2, 0.25) is 0 Å². The van der Waals surface area contributed by atoms with Crippen LogP contribution in [-0.4, -0.2) is 47.7 Å². The summed E-state index contributed by atoms with van der Waals surface area (Å²) in [7, 11) is 0. The molecule has 6 heteroatoms. The molecule has 1 aromatic heterocycles. The molecule has 2 heterocycles. The van der Waals surface area contributed by atoms with E-state index < -0.39 is 5.97 Å². The summed E-state index contributed by atoms with van der Waals surface area (Å²) in [5.41, 5.74) is 0.625. The molecular formula is C15H19NO4S. The molecule has 1 saturated heterocycles. The van der Waals surface area contributed by atoms with Crippen LogP contribution in [0.4, 0.5) is 0 Å². The predicted octanol–water partition coefficient (Wildman–Crippen LogP) is 2.49. The number of amides is 1. The molecule has 2 rings (SSSR count). The van der Waals surface area contributed by atoms with E-state index in [0.29, 0.717) is 25.3 Å². The van der Waals surface area contributed by atoms with Crippen molar-refractivity contribution in [2.75, 3.05) is 19.7 Å². The Morgan fingerprint density at radius 1 is 1.48 bits per heavy atom. The van der Waals surface area contributed by atoms with E-state index >= 15 is 0 Å². The molecule has 1 aliphatic heterocycles. The molecule has 0 unspecified atom stereocenters. The Morgan fingerprint density at radius 2 is 2.19 bits per heavy atom. The third-order valence-corrected chi connectivity index (χ3v) is 4.29. The Labute approximate surface area is 127 Å². The molecule has 0 atom stereocenters. The monoisotopic (exact) mass is 309 g/mol. The van der Waals surface area contributed by atoms with E-state index in [4.69, 9.17) is 9.84 Å². The van der Waals surface area contributed by atoms with Crippen LogP contribution >= 0.6 is 11.3 Å². The molecule has 0 aromatic carbocycles. The molecule has 1 amide bonds. The summed E-state index contributed by atoms with van der Waals surface area (Å²) in [6.45, 7) is 4.11. The lowest BCUT2D eigenvalue weighted by molar-refractivity contribution is -0.131. The van der Waals surface area contributed by atoms with Gasteiger partial charge in [0.15, 0.2) is 0 Å². The molecule has 0 saturated carbocycles. The van der Waals surface area contributed by atoms with E-state index in [0.717, 1.165) is 23.8 Å². The van der Waals surface area contributed by atoms with Crippen molar-refractivity contribution < 1.29 is 19.4 Å². The van der Waals surface area contributed by atoms with Gasteiger partial charge in [-0.05, 0) is 31.9 Å². The summed E-state index contributed by atoms with van der Waals surface area (Å²) in [6, 6.07) is 1.74. The first kappa shape index (κ1) is 15.7. The lowest BCUT2D eigenvalue weighted by atomic mass is 10.1. The number of ether oxygens (including phenoxy) is 1. The molecule has 21 heavy (non-hydrogen) atoms. The lowest BCUT2D eigenvalue weighted by Crippen LogP contribution is -2.40. The standard InChI is InChI=1S/C15H19NO4S/c1-2-20-12-5-7-16(8-6-12)15(19)11-9-13(21-10-11)3-4-14(17)18/h3-4,9-10,12H,2,5-8H2,1H3,(H,17,18). The van der Waals surface area contributed by atoms with Gasteiger partial charge in [0.05, 0.1) is 11.7 Å². The number of carboxylic acids is 1. The maximum Gasteiger partial charge on any atom is 0.328 e. The van der Waals surface area contributed by atoms with Crippen molar-refractivity contribution in [2.45, 2.75) is 25.9 Å². The number of carboxylic acid groups (broad SMARTS) is 1. The zero-order valence-corrected chi connectivity index (χ0v) is 12.8. The molecule has 1 fully saturated rings. The summed E-state index contributed by atoms with van der Waals surface area (Å²) in [5, 5.41) is 10.4. The van der Waals surface area contributed by atoms with Crippen LogP contribution in [-0.2, 0) is 9.53 Å². The summed E-state index contributed by atoms with van der Waals surface area (Å²) in [5.74, 6) is -0.981. The van der Waals surface area contributed by atoms with Gasteiger partial charge in [0.2, 0.25) is 0 Å². The fourth-order valence-electron chi connectivity index (χ4n) is 2.35. The second-order valence-electron chi connectivity index (χ2n) is 4.86. The van der Waals surface area contributed by atoms with Crippen LogP contribution in [0.5, 0.6) is 0 Å². The zero-order valence-electron chi connectivity index (χ0n) is 11.9. The Kier molecular flexibility index (Phi) is 5.52. The average molecular weight is 309 g/mol. The quantitative estimate of drug-likeness (QED) is 0.849. The topological polar surface area (TPSA) is 66.8 Å². The number of hydrogen-bond donors (Lipinski definition) is 1. The van der Waals surface area contributed by atoms with Gasteiger partial charge in [-0.3, -0.25) is 4.79 Å². The average Bonchev–Trinajstić information content (AvgIpc) is 2.94. The normalized spacial score (nSPS) is 16.5. The third-order valence-electron chi connectivity index (χ3n) is 3.39. The zero-order chi connectivity index (χ0) is 15.2. The Hall–Kier alpha value is -1.66. The highest BCUT2D eigenvalue weighted by Crippen LogP contribution is 2.21. The molecule has 5 nitrogen and oxygen atoms in total. The molecule has 0 radical (unpaired) electrons. The number of carbonyl (C=O) groups excluding carboxylic acids is 1. The smallest absolute Gasteiger partial charge is 0.328 e. The van der Waals surface area contributed by atoms with E-state index in [1.54, 1.807) is 11.4 Å². The lowest BCUT2D eigenvalue weighted by Gasteiger charge is -2.31. The van der Waals surface area contributed by atoms with Crippen LogP contribution in [0.25, 0.3) is 6.08 Å². The van der Waals surface area contributed by atoms with Crippen molar-refractivity contribution in [1.29, 1.82) is 0 Å². The fourth-order valence-corrected chi connectivity index (χ4v) is 3.12. The van der Waals surface area contributed by atoms with Gasteiger partial charge in [0.1, 0.15) is 0 Å². The van der Waals surface area contributed by atoms with Crippen LogP contribution in [0, 0.1) is 0 Å². The highest BCUT2D eigenvalue weighted by Gasteiger charge is 2.24. The van der Waals surface area contributed by atoms with E-state index in [2.05, 4.69) is 0 Å². The minimum absolute atomic E-state index is 0.0103. The summed E-state index contributed by atoms with van der Waals surface area (Å²) in [6.07, 6.45) is 4.58. The molecule has 0 aliphatic carbocycles. The maximum absolute atomic E-state index is 12.4. The number of carbonyl (C=O) groups is 2. The Bertz CT molecular complexity index is 530. The van der Waals surface area contributed by atoms with Crippen LogP contribution in [0.3, 0.4) is 0 Å². The maximum atomic E-state index is 12.4. The van der Waals surface area contributed by atoms with Gasteiger partial charge in [-0.2, -0.15) is 0 Å². The molecular weight excluding hydrogens is 290 g/mol. The predicted molar refractivity (Wildman–Crippen MR) is 81.5 cm³/mol. The van der Waals surface area contributed by atoms with Crippen molar-refractivity contribution in [3.8, 4) is 0 Å². The summed E-state index contributed by atoms with van der Waals surface area (Å²) < 4.78 is 5.57. The van der Waals surface area contributed by atoms with Crippen molar-refractivity contribution in [3.63, 3.8) is 0 Å². The number of aliphatic carboxylic acids is 1. The first-order valence-corrected chi connectivity index (χ1v) is 7.88. The number of thiophene rings is 1. The highest BCUT2D eigenvalue weighted by molar-refractivity contribution is 7.11. The molecule has 1 aliphatic rings. The van der Waals surface area contributed by atoms with Gasteiger partial charge in [0.25, 0.3) is 5.91 Å². The van der Waals surface area contributed by atoms with Gasteiger partial charge in [-0.1, -0.05) is 0 Å². The van der Waals surface area contributed by atoms with Gasteiger partial charge in [-0.25, -0.2) is 4.79 Å². The SMILES string of the molecule is CCOC1CCN(C(=O)c2csc(C=CC(=O)O)c2)CC1. The van der Waals surface area contributed by atoms with Crippen molar-refractivity contribution in [1.82, 2.24) is 4.90 Å². The van der Waals surface area contributed by atoms with E-state index in [9.17, 15) is 9.59 Å². The Balaban J connectivity index is 1.93. The molecule has 1 N–H and O–H groups in total. The molecule has 0 spiro atoms. The second kappa shape index (κ2) is 7.38. The number of hydrogen-bond acceptors (Lipinski definition) is 4. The van der Waals surface area contributed by atoms with Crippen LogP contribution < -0.4 is 0 Å². The minimum atomic E-state index is -0.991. The van der Waals surface area contributed by atoms with Gasteiger partial charge in [0, 0.05) is 36.0 Å². The van der Waals surface area contributed by atoms with Crippen molar-refractivity contribution in [2.24, 2.45) is 0 Å².